The van der Waals surface area contributed by atoms with Crippen molar-refractivity contribution in [1.29, 1.82) is 0 Å². The van der Waals surface area contributed by atoms with E-state index in [9.17, 15) is 9.59 Å². The van der Waals surface area contributed by atoms with Gasteiger partial charge in [0.15, 0.2) is 0 Å². The van der Waals surface area contributed by atoms with Gasteiger partial charge in [-0.3, -0.25) is 4.79 Å². The Kier molecular flexibility index (Phi) is 4.95. The summed E-state index contributed by atoms with van der Waals surface area (Å²) in [7, 11) is 1.57. The summed E-state index contributed by atoms with van der Waals surface area (Å²) in [6.07, 6.45) is 2.15. The summed E-state index contributed by atoms with van der Waals surface area (Å²) in [6, 6.07) is -0.338. The van der Waals surface area contributed by atoms with Crippen LogP contribution in [0.3, 0.4) is 0 Å². The number of hydrogen-bond donors (Lipinski definition) is 2. The molecule has 0 bridgehead atoms. The van der Waals surface area contributed by atoms with E-state index in [0.717, 1.165) is 12.8 Å². The van der Waals surface area contributed by atoms with E-state index in [1.807, 2.05) is 13.8 Å². The van der Waals surface area contributed by atoms with E-state index in [1.165, 1.54) is 4.90 Å². The molecule has 1 rings (SSSR count). The average Bonchev–Trinajstić information content (AvgIpc) is 3.08. The third kappa shape index (κ3) is 5.35. The largest absolute Gasteiger partial charge is 0.480 e. The minimum Gasteiger partial charge on any atom is -0.480 e. The van der Waals surface area contributed by atoms with Gasteiger partial charge in [-0.25, -0.2) is 4.79 Å². The van der Waals surface area contributed by atoms with Crippen molar-refractivity contribution in [3.05, 3.63) is 0 Å². The van der Waals surface area contributed by atoms with Crippen molar-refractivity contribution >= 4 is 12.0 Å². The highest BCUT2D eigenvalue weighted by Gasteiger charge is 2.28. The zero-order valence-corrected chi connectivity index (χ0v) is 11.2. The second-order valence-electron chi connectivity index (χ2n) is 5.34. The highest BCUT2D eigenvalue weighted by atomic mass is 16.5. The number of carbonyl (C=O) groups is 2. The summed E-state index contributed by atoms with van der Waals surface area (Å²) in [5.41, 5.74) is -0.454. The molecule has 0 heterocycles. The highest BCUT2D eigenvalue weighted by Crippen LogP contribution is 2.29. The lowest BCUT2D eigenvalue weighted by Crippen LogP contribution is -2.48. The van der Waals surface area contributed by atoms with Crippen LogP contribution in [0.4, 0.5) is 4.79 Å². The van der Waals surface area contributed by atoms with E-state index in [-0.39, 0.29) is 12.6 Å². The van der Waals surface area contributed by atoms with Crippen LogP contribution in [0.2, 0.25) is 0 Å². The molecule has 6 heteroatoms. The normalized spacial score (nSPS) is 15.3. The smallest absolute Gasteiger partial charge is 0.323 e. The second kappa shape index (κ2) is 6.04. The Balaban J connectivity index is 2.44. The molecule has 0 saturated heterocycles. The number of nitrogens with one attached hydrogen (secondary N) is 1. The number of rotatable bonds is 7. The molecular formula is C12H22N2O4. The van der Waals surface area contributed by atoms with Gasteiger partial charge in [0, 0.05) is 20.2 Å². The summed E-state index contributed by atoms with van der Waals surface area (Å²) in [5, 5.41) is 11.5. The van der Waals surface area contributed by atoms with Crippen LogP contribution in [0.5, 0.6) is 0 Å². The Hall–Kier alpha value is -1.30. The molecule has 6 nitrogen and oxygen atoms in total. The average molecular weight is 258 g/mol. The van der Waals surface area contributed by atoms with Gasteiger partial charge in [0.2, 0.25) is 0 Å². The molecule has 1 aliphatic carbocycles. The maximum Gasteiger partial charge on any atom is 0.323 e. The molecule has 1 saturated carbocycles. The van der Waals surface area contributed by atoms with Crippen LogP contribution in [0.1, 0.15) is 26.7 Å². The Morgan fingerprint density at radius 2 is 2.06 bits per heavy atom. The molecule has 18 heavy (non-hydrogen) atoms. The third-order valence-electron chi connectivity index (χ3n) is 3.01. The number of carbonyl (C=O) groups excluding carboxylic acids is 1. The first-order valence-corrected chi connectivity index (χ1v) is 6.14. The van der Waals surface area contributed by atoms with Gasteiger partial charge in [-0.15, -0.1) is 0 Å². The summed E-state index contributed by atoms with van der Waals surface area (Å²) in [5.74, 6) is -0.526. The van der Waals surface area contributed by atoms with Crippen molar-refractivity contribution in [2.45, 2.75) is 32.3 Å². The molecule has 0 aromatic heterocycles. The van der Waals surface area contributed by atoms with E-state index in [2.05, 4.69) is 5.32 Å². The molecule has 2 N–H and O–H groups in total. The number of methoxy groups -OCH3 is 1. The fourth-order valence-corrected chi connectivity index (χ4v) is 1.47. The molecule has 0 aromatic rings. The van der Waals surface area contributed by atoms with Crippen molar-refractivity contribution < 1.29 is 19.4 Å². The first-order valence-electron chi connectivity index (χ1n) is 6.14. The van der Waals surface area contributed by atoms with Gasteiger partial charge >= 0.3 is 12.0 Å². The number of aliphatic carboxylic acids is 1. The molecule has 0 aromatic carbocycles. The topological polar surface area (TPSA) is 78.9 Å². The number of hydrogen-bond acceptors (Lipinski definition) is 3. The zero-order chi connectivity index (χ0) is 13.8. The highest BCUT2D eigenvalue weighted by molar-refractivity contribution is 5.80. The summed E-state index contributed by atoms with van der Waals surface area (Å²) < 4.78 is 5.19. The van der Waals surface area contributed by atoms with Gasteiger partial charge in [-0.05, 0) is 32.6 Å². The fraction of sp³-hybridized carbons (Fsp3) is 0.833. The molecule has 0 radical (unpaired) electrons. The number of amides is 2. The molecule has 1 fully saturated rings. The van der Waals surface area contributed by atoms with Crippen molar-refractivity contribution in [2.75, 3.05) is 26.7 Å². The summed E-state index contributed by atoms with van der Waals surface area (Å²) in [6.45, 7) is 4.33. The SMILES string of the molecule is COC(C)(C)CNC(=O)N(CC(=O)O)CC1CC1. The van der Waals surface area contributed by atoms with Gasteiger partial charge in [0.05, 0.1) is 5.60 Å². The molecule has 104 valence electrons. The Labute approximate surface area is 107 Å². The molecular weight excluding hydrogens is 236 g/mol. The first kappa shape index (κ1) is 14.8. The number of carboxylic acids is 1. The van der Waals surface area contributed by atoms with Crippen LogP contribution in [0, 0.1) is 5.92 Å². The lowest BCUT2D eigenvalue weighted by molar-refractivity contribution is -0.137. The lowest BCUT2D eigenvalue weighted by atomic mass is 10.1. The maximum absolute atomic E-state index is 11.9. The standard InChI is InChI=1S/C12H22N2O4/c1-12(2,18-3)8-13-11(17)14(7-10(15)16)6-9-4-5-9/h9H,4-8H2,1-3H3,(H,13,17)(H,15,16). The van der Waals surface area contributed by atoms with E-state index < -0.39 is 11.6 Å². The van der Waals surface area contributed by atoms with Crippen molar-refractivity contribution in [3.63, 3.8) is 0 Å². The van der Waals surface area contributed by atoms with Crippen molar-refractivity contribution in [2.24, 2.45) is 5.92 Å². The van der Waals surface area contributed by atoms with Gasteiger partial charge in [-0.1, -0.05) is 0 Å². The van der Waals surface area contributed by atoms with Crippen LogP contribution in [0.15, 0.2) is 0 Å². The van der Waals surface area contributed by atoms with Gasteiger partial charge < -0.3 is 20.1 Å². The Bertz CT molecular complexity index is 313. The van der Waals surface area contributed by atoms with Crippen LogP contribution >= 0.6 is 0 Å². The first-order chi connectivity index (χ1) is 8.34. The molecule has 2 amide bonds. The predicted molar refractivity (Wildman–Crippen MR) is 66.4 cm³/mol. The van der Waals surface area contributed by atoms with Crippen LogP contribution in [-0.4, -0.2) is 54.4 Å². The minimum atomic E-state index is -0.989. The molecule has 0 unspecified atom stereocenters. The third-order valence-corrected chi connectivity index (χ3v) is 3.01. The van der Waals surface area contributed by atoms with Gasteiger partial charge in [0.1, 0.15) is 6.54 Å². The van der Waals surface area contributed by atoms with E-state index in [1.54, 1.807) is 7.11 Å². The molecule has 0 spiro atoms. The number of ether oxygens (including phenoxy) is 1. The number of nitrogens with zero attached hydrogens (tertiary/aromatic N) is 1. The second-order valence-corrected chi connectivity index (χ2v) is 5.34. The van der Waals surface area contributed by atoms with E-state index in [0.29, 0.717) is 19.0 Å². The summed E-state index contributed by atoms with van der Waals surface area (Å²) in [4.78, 5) is 24.0. The minimum absolute atomic E-state index is 0.254. The zero-order valence-electron chi connectivity index (χ0n) is 11.2. The van der Waals surface area contributed by atoms with E-state index in [4.69, 9.17) is 9.84 Å². The number of urea groups is 1. The molecule has 0 aliphatic heterocycles. The van der Waals surface area contributed by atoms with Crippen molar-refractivity contribution in [3.8, 4) is 0 Å². The quantitative estimate of drug-likeness (QED) is 0.711. The molecule has 0 atom stereocenters. The monoisotopic (exact) mass is 258 g/mol. The fourth-order valence-electron chi connectivity index (χ4n) is 1.47. The Morgan fingerprint density at radius 3 is 2.50 bits per heavy atom. The number of carboxylic acid groups (broad SMARTS) is 1. The summed E-state index contributed by atoms with van der Waals surface area (Å²) >= 11 is 0. The van der Waals surface area contributed by atoms with Crippen LogP contribution in [-0.2, 0) is 9.53 Å². The van der Waals surface area contributed by atoms with Gasteiger partial charge in [-0.2, -0.15) is 0 Å². The van der Waals surface area contributed by atoms with Crippen LogP contribution in [0.25, 0.3) is 0 Å². The van der Waals surface area contributed by atoms with E-state index >= 15 is 0 Å². The van der Waals surface area contributed by atoms with Gasteiger partial charge in [0.25, 0.3) is 0 Å². The molecule has 1 aliphatic rings. The van der Waals surface area contributed by atoms with Crippen molar-refractivity contribution in [1.82, 2.24) is 10.2 Å². The lowest BCUT2D eigenvalue weighted by Gasteiger charge is -2.26. The predicted octanol–water partition coefficient (Wildman–Crippen LogP) is 0.918. The van der Waals surface area contributed by atoms with Crippen LogP contribution < -0.4 is 5.32 Å². The Morgan fingerprint density at radius 1 is 1.44 bits per heavy atom. The maximum atomic E-state index is 11.9.